The molecule has 0 aromatic heterocycles. The van der Waals surface area contributed by atoms with E-state index in [-0.39, 0.29) is 37.6 Å². The maximum atomic E-state index is 14.3. The monoisotopic (exact) mass is 697 g/mol. The van der Waals surface area contributed by atoms with Crippen LogP contribution in [0.5, 0.6) is 0 Å². The van der Waals surface area contributed by atoms with E-state index in [9.17, 15) is 22.8 Å². The Bertz CT molecular complexity index is 1330. The van der Waals surface area contributed by atoms with Crippen LogP contribution < -0.4 is 5.43 Å². The average Bonchev–Trinajstić information content (AvgIpc) is 3.29. The Kier molecular flexibility index (Phi) is 9.91. The van der Waals surface area contributed by atoms with E-state index in [0.717, 1.165) is 17.1 Å². The summed E-state index contributed by atoms with van der Waals surface area (Å²) in [5, 5.41) is 4.54. The van der Waals surface area contributed by atoms with Gasteiger partial charge in [-0.25, -0.2) is 5.01 Å². The molecule has 6 nitrogen and oxygen atoms in total. The minimum Gasteiger partial charge on any atom is -0.374 e. The van der Waals surface area contributed by atoms with Gasteiger partial charge in [0.15, 0.2) is 0 Å². The lowest BCUT2D eigenvalue weighted by Crippen LogP contribution is -2.44. The van der Waals surface area contributed by atoms with Crippen LogP contribution in [0.3, 0.4) is 0 Å². The molecule has 0 spiro atoms. The van der Waals surface area contributed by atoms with Crippen LogP contribution in [-0.4, -0.2) is 28.7 Å². The molecular formula is C25H18Cl3F3IN3O3. The molecule has 1 atom stereocenters. The molecule has 0 radical (unpaired) electrons. The summed E-state index contributed by atoms with van der Waals surface area (Å²) in [4.78, 5) is 30.2. The van der Waals surface area contributed by atoms with Crippen molar-refractivity contribution in [3.8, 4) is 0 Å². The van der Waals surface area contributed by atoms with E-state index in [0.29, 0.717) is 0 Å². The van der Waals surface area contributed by atoms with E-state index in [1.165, 1.54) is 43.4 Å². The lowest BCUT2D eigenvalue weighted by atomic mass is 9.88. The zero-order valence-electron chi connectivity index (χ0n) is 19.4. The number of hydrogen-bond acceptors (Lipinski definition) is 4. The highest BCUT2D eigenvalue weighted by atomic mass is 127. The predicted molar refractivity (Wildman–Crippen MR) is 149 cm³/mol. The highest BCUT2D eigenvalue weighted by molar-refractivity contribution is 14.1. The summed E-state index contributed by atoms with van der Waals surface area (Å²) >= 11 is 20.2. The first kappa shape index (κ1) is 30.0. The summed E-state index contributed by atoms with van der Waals surface area (Å²) in [6.45, 7) is 1.19. The molecular weight excluding hydrogens is 681 g/mol. The van der Waals surface area contributed by atoms with Crippen LogP contribution in [0.4, 0.5) is 13.2 Å². The maximum absolute atomic E-state index is 14.3. The van der Waals surface area contributed by atoms with Crippen molar-refractivity contribution in [1.82, 2.24) is 10.4 Å². The Labute approximate surface area is 244 Å². The number of carbonyl (C=O) groups is 2. The Morgan fingerprint density at radius 1 is 1.13 bits per heavy atom. The van der Waals surface area contributed by atoms with E-state index >= 15 is 0 Å². The molecule has 0 aliphatic carbocycles. The Hall–Kier alpha value is -2.54. The van der Waals surface area contributed by atoms with E-state index < -0.39 is 30.0 Å². The van der Waals surface area contributed by atoms with Crippen molar-refractivity contribution >= 4 is 74.9 Å². The summed E-state index contributed by atoms with van der Waals surface area (Å²) in [6, 6.07) is 11.5. The van der Waals surface area contributed by atoms with E-state index in [1.807, 2.05) is 22.6 Å². The van der Waals surface area contributed by atoms with E-state index in [2.05, 4.69) is 10.6 Å². The van der Waals surface area contributed by atoms with Crippen molar-refractivity contribution in [2.24, 2.45) is 5.16 Å². The number of allylic oxidation sites excluding steroid dienone is 4. The first-order valence-electron chi connectivity index (χ1n) is 10.7. The summed E-state index contributed by atoms with van der Waals surface area (Å²) in [5.41, 5.74) is -0.672. The molecule has 2 aromatic carbocycles. The number of amides is 2. The van der Waals surface area contributed by atoms with Crippen LogP contribution in [0.25, 0.3) is 0 Å². The number of benzene rings is 2. The third kappa shape index (κ3) is 6.90. The van der Waals surface area contributed by atoms with Gasteiger partial charge in [-0.2, -0.15) is 13.2 Å². The summed E-state index contributed by atoms with van der Waals surface area (Å²) in [7, 11) is 0. The normalized spacial score (nSPS) is 18.3. The standard InChI is InChI=1S/C25H18Cl3F3IN3O3/c1-15(36)33-35(23(37)16-5-3-2-4-6-16)22(21(28)9-10-32)8-7-20-14-24(38-34-20,25(29,30)31)17-11-18(26)13-19(27)12-17/h2-13H,14H2,1H3,(H,33,36)/b8-7+,10-9-,22-21-. The van der Waals surface area contributed by atoms with Gasteiger partial charge in [0.2, 0.25) is 5.91 Å². The SMILES string of the molecule is CC(=O)NN(C(=O)c1ccccc1)C(/C=C/C1=NOC(c2cc(Cl)cc(Cl)c2)(C(F)(F)F)C1)=C(Cl)/C=C\I. The number of rotatable bonds is 6. The molecule has 0 bridgehead atoms. The summed E-state index contributed by atoms with van der Waals surface area (Å²) in [5.74, 6) is -1.22. The minimum atomic E-state index is -4.88. The highest BCUT2D eigenvalue weighted by Crippen LogP contribution is 2.49. The van der Waals surface area contributed by atoms with Gasteiger partial charge in [-0.3, -0.25) is 15.0 Å². The van der Waals surface area contributed by atoms with Crippen molar-refractivity contribution < 1.29 is 27.6 Å². The average molecular weight is 699 g/mol. The van der Waals surface area contributed by atoms with Gasteiger partial charge < -0.3 is 4.84 Å². The largest absolute Gasteiger partial charge is 0.435 e. The number of nitrogens with zero attached hydrogens (tertiary/aromatic N) is 2. The van der Waals surface area contributed by atoms with E-state index in [1.54, 1.807) is 22.3 Å². The molecule has 13 heteroatoms. The molecule has 1 unspecified atom stereocenters. The van der Waals surface area contributed by atoms with Gasteiger partial charge in [-0.15, -0.1) is 0 Å². The fourth-order valence-electron chi connectivity index (χ4n) is 3.47. The smallest absolute Gasteiger partial charge is 0.374 e. The molecule has 1 N–H and O–H groups in total. The first-order chi connectivity index (χ1) is 17.9. The number of oxime groups is 1. The molecule has 0 fully saturated rings. The van der Waals surface area contributed by atoms with Crippen LogP contribution in [-0.2, 0) is 15.2 Å². The van der Waals surface area contributed by atoms with Crippen molar-refractivity contribution in [2.45, 2.75) is 25.1 Å². The summed E-state index contributed by atoms with van der Waals surface area (Å²) < 4.78 is 44.4. The number of hydrazine groups is 1. The number of hydrogen-bond donors (Lipinski definition) is 1. The van der Waals surface area contributed by atoms with Crippen molar-refractivity contribution in [3.63, 3.8) is 0 Å². The second-order valence-electron chi connectivity index (χ2n) is 7.87. The van der Waals surface area contributed by atoms with Gasteiger partial charge in [0.25, 0.3) is 11.5 Å². The second-order valence-corrected chi connectivity index (χ2v) is 9.87. The van der Waals surface area contributed by atoms with Gasteiger partial charge in [0.1, 0.15) is 0 Å². The topological polar surface area (TPSA) is 71.0 Å². The fraction of sp³-hybridized carbons (Fsp3) is 0.160. The van der Waals surface area contributed by atoms with E-state index in [4.69, 9.17) is 39.6 Å². The summed E-state index contributed by atoms with van der Waals surface area (Å²) in [6.07, 6.45) is -1.69. The third-order valence-electron chi connectivity index (χ3n) is 5.16. The van der Waals surface area contributed by atoms with Crippen LogP contribution in [0, 0.1) is 0 Å². The zero-order chi connectivity index (χ0) is 28.1. The lowest BCUT2D eigenvalue weighted by molar-refractivity contribution is -0.275. The molecule has 0 saturated carbocycles. The minimum absolute atomic E-state index is 0.00308. The first-order valence-corrected chi connectivity index (χ1v) is 13.1. The molecule has 3 rings (SSSR count). The van der Waals surface area contributed by atoms with Gasteiger partial charge >= 0.3 is 6.18 Å². The predicted octanol–water partition coefficient (Wildman–Crippen LogP) is 7.68. The number of alkyl halides is 3. The van der Waals surface area contributed by atoms with Crippen molar-refractivity contribution in [1.29, 1.82) is 0 Å². The van der Waals surface area contributed by atoms with Crippen LogP contribution in [0.1, 0.15) is 29.3 Å². The highest BCUT2D eigenvalue weighted by Gasteiger charge is 2.62. The lowest BCUT2D eigenvalue weighted by Gasteiger charge is -2.29. The van der Waals surface area contributed by atoms with Gasteiger partial charge in [0, 0.05) is 34.5 Å². The zero-order valence-corrected chi connectivity index (χ0v) is 23.8. The molecule has 0 saturated heterocycles. The fourth-order valence-corrected chi connectivity index (χ4v) is 4.78. The quantitative estimate of drug-likeness (QED) is 0.191. The van der Waals surface area contributed by atoms with Crippen molar-refractivity contribution in [2.75, 3.05) is 0 Å². The Morgan fingerprint density at radius 3 is 2.32 bits per heavy atom. The molecule has 200 valence electrons. The molecule has 2 amide bonds. The Morgan fingerprint density at radius 2 is 1.76 bits per heavy atom. The van der Waals surface area contributed by atoms with Crippen molar-refractivity contribution in [3.05, 3.63) is 103 Å². The number of carbonyl (C=O) groups excluding carboxylic acids is 2. The molecule has 1 heterocycles. The molecule has 38 heavy (non-hydrogen) atoms. The van der Waals surface area contributed by atoms with Crippen LogP contribution in [0.15, 0.2) is 86.7 Å². The maximum Gasteiger partial charge on any atom is 0.435 e. The molecule has 1 aliphatic rings. The third-order valence-corrected chi connectivity index (χ3v) is 6.27. The number of nitrogens with one attached hydrogen (secondary N) is 1. The van der Waals surface area contributed by atoms with Crippen LogP contribution in [0.2, 0.25) is 10.0 Å². The van der Waals surface area contributed by atoms with Gasteiger partial charge in [-0.05, 0) is 52.6 Å². The van der Waals surface area contributed by atoms with Gasteiger partial charge in [0.05, 0.1) is 16.4 Å². The molecule has 1 aliphatic heterocycles. The second kappa shape index (κ2) is 12.5. The van der Waals surface area contributed by atoms with Gasteiger partial charge in [-0.1, -0.05) is 80.7 Å². The Balaban J connectivity index is 2.02. The van der Waals surface area contributed by atoms with Crippen LogP contribution >= 0.6 is 57.4 Å². The molecule has 2 aromatic rings. The number of halogens is 7.